The van der Waals surface area contributed by atoms with Crippen LogP contribution in [0.3, 0.4) is 0 Å². The van der Waals surface area contributed by atoms with Crippen molar-refractivity contribution < 1.29 is 14.3 Å². The molecule has 0 unspecified atom stereocenters. The molecule has 0 radical (unpaired) electrons. The van der Waals surface area contributed by atoms with E-state index in [-0.39, 0.29) is 12.5 Å². The average molecular weight is 256 g/mol. The first-order valence-electron chi connectivity index (χ1n) is 6.25. The highest BCUT2D eigenvalue weighted by atomic mass is 16.5. The van der Waals surface area contributed by atoms with E-state index in [0.29, 0.717) is 18.8 Å². The fourth-order valence-electron chi connectivity index (χ4n) is 1.52. The first kappa shape index (κ1) is 16.6. The molecule has 0 saturated heterocycles. The van der Waals surface area contributed by atoms with Gasteiger partial charge in [-0.2, -0.15) is 0 Å². The second-order valence-corrected chi connectivity index (χ2v) is 4.57. The molecule has 3 N–H and O–H groups in total. The zero-order valence-corrected chi connectivity index (χ0v) is 11.4. The van der Waals surface area contributed by atoms with E-state index in [2.05, 4.69) is 11.9 Å². The maximum Gasteiger partial charge on any atom is 0.328 e. The monoisotopic (exact) mass is 256 g/mol. The van der Waals surface area contributed by atoms with E-state index in [4.69, 9.17) is 10.5 Å². The van der Waals surface area contributed by atoms with Crippen LogP contribution in [0.15, 0.2) is 12.7 Å². The number of hydrogen-bond acceptors (Lipinski definition) is 4. The minimum atomic E-state index is -0.701. The van der Waals surface area contributed by atoms with E-state index < -0.39 is 18.1 Å². The Bertz CT molecular complexity index is 290. The van der Waals surface area contributed by atoms with Gasteiger partial charge in [-0.1, -0.05) is 19.9 Å². The lowest BCUT2D eigenvalue weighted by Crippen LogP contribution is -2.49. The van der Waals surface area contributed by atoms with E-state index in [0.717, 1.165) is 0 Å². The van der Waals surface area contributed by atoms with Gasteiger partial charge in [-0.3, -0.25) is 4.79 Å². The summed E-state index contributed by atoms with van der Waals surface area (Å²) in [5, 5.41) is 2.60. The van der Waals surface area contributed by atoms with Crippen LogP contribution in [0.5, 0.6) is 0 Å². The van der Waals surface area contributed by atoms with Crippen molar-refractivity contribution in [3.63, 3.8) is 0 Å². The van der Waals surface area contributed by atoms with Crippen molar-refractivity contribution in [2.24, 2.45) is 11.7 Å². The third kappa shape index (κ3) is 6.39. The minimum Gasteiger partial charge on any atom is -0.464 e. The number of carbonyl (C=O) groups excluding carboxylic acids is 2. The Morgan fingerprint density at radius 3 is 2.50 bits per heavy atom. The number of amides is 1. The summed E-state index contributed by atoms with van der Waals surface area (Å²) in [4.78, 5) is 23.4. The van der Waals surface area contributed by atoms with Crippen LogP contribution in [0.4, 0.5) is 0 Å². The zero-order valence-electron chi connectivity index (χ0n) is 11.4. The number of carbonyl (C=O) groups is 2. The van der Waals surface area contributed by atoms with E-state index in [1.54, 1.807) is 13.0 Å². The van der Waals surface area contributed by atoms with Crippen LogP contribution in [0.2, 0.25) is 0 Å². The largest absolute Gasteiger partial charge is 0.464 e. The highest BCUT2D eigenvalue weighted by Crippen LogP contribution is 2.04. The van der Waals surface area contributed by atoms with Gasteiger partial charge in [-0.15, -0.1) is 6.58 Å². The fraction of sp³-hybridized carbons (Fsp3) is 0.692. The molecule has 0 spiro atoms. The second kappa shape index (κ2) is 8.69. The standard InChI is InChI=1S/C13H24N2O3/c1-5-7-11(13(17)18-6-2)15-12(16)10(14)8-9(3)4/h5,9-11H,1,6-8,14H2,2-4H3,(H,15,16)/t10-,11+/m0/s1. The lowest BCUT2D eigenvalue weighted by molar-refractivity contribution is -0.147. The van der Waals surface area contributed by atoms with Gasteiger partial charge in [0.15, 0.2) is 0 Å². The van der Waals surface area contributed by atoms with Crippen molar-refractivity contribution in [2.45, 2.75) is 45.7 Å². The highest BCUT2D eigenvalue weighted by molar-refractivity contribution is 5.87. The van der Waals surface area contributed by atoms with Crippen molar-refractivity contribution in [1.82, 2.24) is 5.32 Å². The van der Waals surface area contributed by atoms with Crippen LogP contribution >= 0.6 is 0 Å². The topological polar surface area (TPSA) is 81.4 Å². The summed E-state index contributed by atoms with van der Waals surface area (Å²) in [5.41, 5.74) is 5.75. The number of nitrogens with one attached hydrogen (secondary N) is 1. The Morgan fingerprint density at radius 2 is 2.06 bits per heavy atom. The average Bonchev–Trinajstić information content (AvgIpc) is 2.27. The third-order valence-corrected chi connectivity index (χ3v) is 2.35. The molecule has 18 heavy (non-hydrogen) atoms. The predicted octanol–water partition coefficient (Wildman–Crippen LogP) is 0.984. The summed E-state index contributed by atoms with van der Waals surface area (Å²) in [6.07, 6.45) is 2.48. The molecule has 0 aliphatic heterocycles. The van der Waals surface area contributed by atoms with Crippen molar-refractivity contribution in [1.29, 1.82) is 0 Å². The third-order valence-electron chi connectivity index (χ3n) is 2.35. The Hall–Kier alpha value is -1.36. The molecule has 104 valence electrons. The molecule has 0 aromatic rings. The van der Waals surface area contributed by atoms with Crippen molar-refractivity contribution in [3.8, 4) is 0 Å². The van der Waals surface area contributed by atoms with Crippen LogP contribution in [-0.4, -0.2) is 30.6 Å². The summed E-state index contributed by atoms with van der Waals surface area (Å²) in [6, 6.07) is -1.31. The van der Waals surface area contributed by atoms with Crippen LogP contribution in [0, 0.1) is 5.92 Å². The first-order chi connectivity index (χ1) is 8.42. The SMILES string of the molecule is C=CC[C@@H](NC(=O)[C@@H](N)CC(C)C)C(=O)OCC. The fourth-order valence-corrected chi connectivity index (χ4v) is 1.52. The summed E-state index contributed by atoms with van der Waals surface area (Å²) in [5.74, 6) is -0.461. The minimum absolute atomic E-state index is 0.278. The molecule has 0 rings (SSSR count). The van der Waals surface area contributed by atoms with Crippen molar-refractivity contribution in [2.75, 3.05) is 6.61 Å². The van der Waals surface area contributed by atoms with Crippen LogP contribution < -0.4 is 11.1 Å². The van der Waals surface area contributed by atoms with Gasteiger partial charge in [0.25, 0.3) is 0 Å². The van der Waals surface area contributed by atoms with Gasteiger partial charge < -0.3 is 15.8 Å². The molecule has 0 fully saturated rings. The molecule has 0 saturated carbocycles. The van der Waals surface area contributed by atoms with Crippen molar-refractivity contribution >= 4 is 11.9 Å². The molecule has 5 nitrogen and oxygen atoms in total. The number of rotatable bonds is 8. The lowest BCUT2D eigenvalue weighted by Gasteiger charge is -2.19. The van der Waals surface area contributed by atoms with Gasteiger partial charge in [0.05, 0.1) is 12.6 Å². The van der Waals surface area contributed by atoms with Crippen LogP contribution in [-0.2, 0) is 14.3 Å². The van der Waals surface area contributed by atoms with E-state index >= 15 is 0 Å². The van der Waals surface area contributed by atoms with Crippen LogP contribution in [0.1, 0.15) is 33.6 Å². The molecule has 2 atom stereocenters. The summed E-state index contributed by atoms with van der Waals surface area (Å²) >= 11 is 0. The quantitative estimate of drug-likeness (QED) is 0.501. The normalized spacial score (nSPS) is 13.8. The smallest absolute Gasteiger partial charge is 0.328 e. The number of esters is 1. The molecule has 0 aromatic heterocycles. The molecule has 0 aromatic carbocycles. The number of nitrogens with two attached hydrogens (primary N) is 1. The predicted molar refractivity (Wildman–Crippen MR) is 70.8 cm³/mol. The Kier molecular flexibility index (Phi) is 8.03. The summed E-state index contributed by atoms with van der Waals surface area (Å²) < 4.78 is 4.88. The molecule has 0 aliphatic carbocycles. The molecule has 0 bridgehead atoms. The second-order valence-electron chi connectivity index (χ2n) is 4.57. The number of ether oxygens (including phenoxy) is 1. The first-order valence-corrected chi connectivity index (χ1v) is 6.25. The Labute approximate surface area is 109 Å². The van der Waals surface area contributed by atoms with Crippen molar-refractivity contribution in [3.05, 3.63) is 12.7 Å². The van der Waals surface area contributed by atoms with Gasteiger partial charge >= 0.3 is 5.97 Å². The Balaban J connectivity index is 4.43. The molecular formula is C13H24N2O3. The maximum atomic E-state index is 11.8. The van der Waals surface area contributed by atoms with E-state index in [1.165, 1.54) is 0 Å². The summed E-state index contributed by atoms with van der Waals surface area (Å²) in [6.45, 7) is 9.52. The van der Waals surface area contributed by atoms with E-state index in [1.807, 2.05) is 13.8 Å². The molecule has 5 heteroatoms. The molecule has 0 aliphatic rings. The van der Waals surface area contributed by atoms with E-state index in [9.17, 15) is 9.59 Å². The molecule has 0 heterocycles. The van der Waals surface area contributed by atoms with Gasteiger partial charge in [0, 0.05) is 0 Å². The maximum absolute atomic E-state index is 11.8. The number of hydrogen-bond donors (Lipinski definition) is 2. The zero-order chi connectivity index (χ0) is 14.1. The van der Waals surface area contributed by atoms with Gasteiger partial charge in [-0.05, 0) is 25.7 Å². The highest BCUT2D eigenvalue weighted by Gasteiger charge is 2.23. The Morgan fingerprint density at radius 1 is 1.44 bits per heavy atom. The lowest BCUT2D eigenvalue weighted by atomic mass is 10.0. The molecular weight excluding hydrogens is 232 g/mol. The van der Waals surface area contributed by atoms with Gasteiger partial charge in [0.1, 0.15) is 6.04 Å². The van der Waals surface area contributed by atoms with Gasteiger partial charge in [0.2, 0.25) is 5.91 Å². The van der Waals surface area contributed by atoms with Gasteiger partial charge in [-0.25, -0.2) is 4.79 Å². The molecule has 1 amide bonds. The van der Waals surface area contributed by atoms with Crippen LogP contribution in [0.25, 0.3) is 0 Å². The summed E-state index contributed by atoms with van der Waals surface area (Å²) in [7, 11) is 0.